The van der Waals surface area contributed by atoms with Crippen molar-refractivity contribution in [3.63, 3.8) is 0 Å². The molecule has 0 aliphatic carbocycles. The summed E-state index contributed by atoms with van der Waals surface area (Å²) in [5.41, 5.74) is 3.47. The average molecular weight is 653 g/mol. The zero-order valence-electron chi connectivity index (χ0n) is 26.7. The molecule has 11 nitrogen and oxygen atoms in total. The largest absolute Gasteiger partial charge is 0.493 e. The predicted molar refractivity (Wildman–Crippen MR) is 172 cm³/mol. The third kappa shape index (κ3) is 6.73. The van der Waals surface area contributed by atoms with Gasteiger partial charge >= 0.3 is 0 Å². The van der Waals surface area contributed by atoms with E-state index in [1.165, 1.54) is 0 Å². The van der Waals surface area contributed by atoms with Crippen LogP contribution < -0.4 is 20.1 Å². The van der Waals surface area contributed by atoms with Crippen molar-refractivity contribution in [3.8, 4) is 11.5 Å². The molecular formula is C34H44N4O7S. The molecule has 46 heavy (non-hydrogen) atoms. The van der Waals surface area contributed by atoms with Crippen LogP contribution in [0.25, 0.3) is 0 Å². The molecule has 12 heteroatoms. The van der Waals surface area contributed by atoms with Crippen molar-refractivity contribution in [1.29, 1.82) is 0 Å². The standard InChI is InChI=1S/C34H44N4O7S/c1-44-30-17-22-8-13-33(41)38-20-23-16-26(29(38)6-3-7-31(39)35-14-4-5-25(15-22)34(30)45-2)21-37(19-23)46(42,43)27-10-11-28-24(18-27)9-12-32(40)36-28/h10-11,15,17-18,23,26,29H,3-9,12-14,16,19-21H2,1-2H3,(H,35,39)(H,36,40)/t23-,26+,29-/m0/s1. The zero-order valence-corrected chi connectivity index (χ0v) is 27.5. The molecule has 0 aromatic heterocycles. The smallest absolute Gasteiger partial charge is 0.243 e. The van der Waals surface area contributed by atoms with E-state index in [1.54, 1.807) is 36.7 Å². The number of ether oxygens (including phenoxy) is 2. The summed E-state index contributed by atoms with van der Waals surface area (Å²) in [4.78, 5) is 40.6. The lowest BCUT2D eigenvalue weighted by Gasteiger charge is -2.50. The van der Waals surface area contributed by atoms with Gasteiger partial charge in [0.05, 0.1) is 19.1 Å². The summed E-state index contributed by atoms with van der Waals surface area (Å²) in [6, 6.07) is 8.79. The maximum atomic E-state index is 13.9. The van der Waals surface area contributed by atoms with Gasteiger partial charge in [0.1, 0.15) is 0 Å². The van der Waals surface area contributed by atoms with Gasteiger partial charge in [-0.05, 0) is 97.7 Å². The fourth-order valence-electron chi connectivity index (χ4n) is 7.72. The van der Waals surface area contributed by atoms with E-state index >= 15 is 0 Å². The molecule has 2 saturated heterocycles. The van der Waals surface area contributed by atoms with Crippen molar-refractivity contribution in [2.24, 2.45) is 11.8 Å². The lowest BCUT2D eigenvalue weighted by molar-refractivity contribution is -0.140. The van der Waals surface area contributed by atoms with Crippen LogP contribution in [0.5, 0.6) is 11.5 Å². The number of carbonyl (C=O) groups excluding carboxylic acids is 3. The summed E-state index contributed by atoms with van der Waals surface area (Å²) in [5, 5.41) is 5.85. The van der Waals surface area contributed by atoms with Gasteiger partial charge in [0.25, 0.3) is 0 Å². The fraction of sp³-hybridized carbons (Fsp3) is 0.559. The first-order valence-corrected chi connectivity index (χ1v) is 17.8. The number of benzene rings is 2. The summed E-state index contributed by atoms with van der Waals surface area (Å²) in [7, 11) is -0.557. The Hall–Kier alpha value is -3.64. The van der Waals surface area contributed by atoms with Gasteiger partial charge in [0.15, 0.2) is 11.5 Å². The van der Waals surface area contributed by atoms with E-state index in [0.29, 0.717) is 94.7 Å². The Balaban J connectivity index is 1.23. The van der Waals surface area contributed by atoms with E-state index in [1.807, 2.05) is 11.0 Å². The van der Waals surface area contributed by atoms with Gasteiger partial charge in [-0.25, -0.2) is 8.42 Å². The molecule has 0 radical (unpaired) electrons. The van der Waals surface area contributed by atoms with Gasteiger partial charge in [-0.15, -0.1) is 0 Å². The highest BCUT2D eigenvalue weighted by Crippen LogP contribution is 2.39. The molecule has 2 N–H and O–H groups in total. The summed E-state index contributed by atoms with van der Waals surface area (Å²) in [5.74, 6) is 1.27. The monoisotopic (exact) mass is 652 g/mol. The molecule has 3 amide bonds. The number of piperidine rings is 2. The summed E-state index contributed by atoms with van der Waals surface area (Å²) >= 11 is 0. The second-order valence-corrected chi connectivity index (χ2v) is 14.9. The molecule has 0 saturated carbocycles. The van der Waals surface area contributed by atoms with E-state index in [-0.39, 0.29) is 40.5 Å². The van der Waals surface area contributed by atoms with Crippen LogP contribution in [-0.4, -0.2) is 81.8 Å². The van der Waals surface area contributed by atoms with E-state index in [2.05, 4.69) is 16.7 Å². The second-order valence-electron chi connectivity index (χ2n) is 13.0. The fourth-order valence-corrected chi connectivity index (χ4v) is 9.35. The number of sulfonamides is 1. The SMILES string of the molecule is COc1cc2cc(c1OC)CCCNC(=O)CCC[C@H]1[C@@H]3C[C@H](CN1C(=O)CC2)CN(S(=O)(=O)c1ccc2c(c1)CCC(=O)N2)C3. The molecule has 3 atom stereocenters. The molecule has 4 heterocycles. The van der Waals surface area contributed by atoms with E-state index in [4.69, 9.17) is 9.47 Å². The maximum Gasteiger partial charge on any atom is 0.243 e. The number of nitrogens with one attached hydrogen (secondary N) is 2. The number of hydrogen-bond donors (Lipinski definition) is 2. The molecule has 4 aliphatic heterocycles. The predicted octanol–water partition coefficient (Wildman–Crippen LogP) is 3.29. The molecule has 4 aliphatic rings. The van der Waals surface area contributed by atoms with Gasteiger partial charge in [0.2, 0.25) is 27.7 Å². The lowest BCUT2D eigenvalue weighted by Crippen LogP contribution is -2.60. The zero-order chi connectivity index (χ0) is 32.4. The molecule has 4 bridgehead atoms. The number of amides is 3. The van der Waals surface area contributed by atoms with E-state index < -0.39 is 10.0 Å². The average Bonchev–Trinajstić information content (AvgIpc) is 3.05. The van der Waals surface area contributed by atoms with Crippen molar-refractivity contribution in [3.05, 3.63) is 47.0 Å². The highest BCUT2D eigenvalue weighted by atomic mass is 32.2. The van der Waals surface area contributed by atoms with Crippen molar-refractivity contribution < 1.29 is 32.3 Å². The van der Waals surface area contributed by atoms with Gasteiger partial charge in [0, 0.05) is 57.2 Å². The molecule has 6 rings (SSSR count). The first-order valence-electron chi connectivity index (χ1n) is 16.4. The van der Waals surface area contributed by atoms with Crippen LogP contribution in [0.2, 0.25) is 0 Å². The number of methoxy groups -OCH3 is 2. The maximum absolute atomic E-state index is 13.9. The van der Waals surface area contributed by atoms with Crippen LogP contribution in [-0.2, 0) is 43.7 Å². The Bertz CT molecular complexity index is 1610. The molecule has 2 aromatic rings. The lowest BCUT2D eigenvalue weighted by atomic mass is 9.78. The number of aryl methyl sites for hydroxylation is 3. The van der Waals surface area contributed by atoms with Gasteiger partial charge in [-0.1, -0.05) is 6.07 Å². The second kappa shape index (κ2) is 13.6. The first-order chi connectivity index (χ1) is 22.2. The minimum Gasteiger partial charge on any atom is -0.493 e. The van der Waals surface area contributed by atoms with Crippen LogP contribution in [0.15, 0.2) is 35.2 Å². The Morgan fingerprint density at radius 3 is 2.48 bits per heavy atom. The molecule has 2 fully saturated rings. The summed E-state index contributed by atoms with van der Waals surface area (Å²) in [6.45, 7) is 1.72. The molecule has 0 unspecified atom stereocenters. The van der Waals surface area contributed by atoms with Crippen LogP contribution >= 0.6 is 0 Å². The summed E-state index contributed by atoms with van der Waals surface area (Å²) < 4.78 is 40.7. The minimum atomic E-state index is -3.78. The number of carbonyl (C=O) groups is 3. The number of rotatable bonds is 4. The van der Waals surface area contributed by atoms with Gasteiger partial charge < -0.3 is 25.0 Å². The van der Waals surface area contributed by atoms with E-state index in [0.717, 1.165) is 29.5 Å². The highest BCUT2D eigenvalue weighted by Gasteiger charge is 2.45. The molecule has 2 aromatic carbocycles. The number of anilines is 1. The molecule has 0 spiro atoms. The van der Waals surface area contributed by atoms with Crippen LogP contribution in [0.3, 0.4) is 0 Å². The number of fused-ring (bicyclic) bond motifs is 7. The van der Waals surface area contributed by atoms with Gasteiger partial charge in [-0.2, -0.15) is 4.31 Å². The third-order valence-electron chi connectivity index (χ3n) is 9.96. The first kappa shape index (κ1) is 32.3. The number of hydrogen-bond acceptors (Lipinski definition) is 7. The highest BCUT2D eigenvalue weighted by molar-refractivity contribution is 7.89. The van der Waals surface area contributed by atoms with Crippen molar-refractivity contribution in [1.82, 2.24) is 14.5 Å². The quantitative estimate of drug-likeness (QED) is 0.518. The minimum absolute atomic E-state index is 0.0200. The van der Waals surface area contributed by atoms with Crippen molar-refractivity contribution in [2.45, 2.75) is 75.1 Å². The Labute approximate surface area is 271 Å². The molecule has 248 valence electrons. The number of nitrogens with zero attached hydrogens (tertiary/aromatic N) is 2. The van der Waals surface area contributed by atoms with Crippen LogP contribution in [0, 0.1) is 11.8 Å². The van der Waals surface area contributed by atoms with Crippen LogP contribution in [0.4, 0.5) is 5.69 Å². The Kier molecular flexibility index (Phi) is 9.56. The topological polar surface area (TPSA) is 134 Å². The van der Waals surface area contributed by atoms with E-state index in [9.17, 15) is 22.8 Å². The Morgan fingerprint density at radius 2 is 1.67 bits per heavy atom. The Morgan fingerprint density at radius 1 is 0.826 bits per heavy atom. The third-order valence-corrected chi connectivity index (χ3v) is 11.8. The van der Waals surface area contributed by atoms with Crippen LogP contribution in [0.1, 0.15) is 61.6 Å². The molecular weight excluding hydrogens is 608 g/mol. The van der Waals surface area contributed by atoms with Crippen molar-refractivity contribution in [2.75, 3.05) is 45.7 Å². The van der Waals surface area contributed by atoms with Gasteiger partial charge in [-0.3, -0.25) is 14.4 Å². The van der Waals surface area contributed by atoms with Crippen molar-refractivity contribution >= 4 is 33.4 Å². The summed E-state index contributed by atoms with van der Waals surface area (Å²) in [6.07, 6.45) is 5.65. The normalized spacial score (nSPS) is 24.7.